The van der Waals surface area contributed by atoms with Gasteiger partial charge in [-0.05, 0) is 161 Å². The number of halogens is 4. The number of piperidine rings is 2. The fraction of sp³-hybridized carbons (Fsp3) is 0.581. The largest absolute Gasteiger partial charge is 0.593 e. The van der Waals surface area contributed by atoms with Crippen molar-refractivity contribution in [1.82, 2.24) is 39.7 Å². The molecule has 0 saturated carbocycles. The molecule has 4 aromatic carbocycles. The predicted octanol–water partition coefficient (Wildman–Crippen LogP) is 7.24. The van der Waals surface area contributed by atoms with Crippen LogP contribution in [-0.4, -0.2) is 198 Å². The van der Waals surface area contributed by atoms with Crippen LogP contribution >= 0.6 is 46.4 Å². The van der Waals surface area contributed by atoms with Crippen LogP contribution < -0.4 is 42.2 Å². The summed E-state index contributed by atoms with van der Waals surface area (Å²) >= 11 is 24.9. The fourth-order valence-electron chi connectivity index (χ4n) is 12.8. The lowest BCUT2D eigenvalue weighted by atomic mass is 10.0. The van der Waals surface area contributed by atoms with Gasteiger partial charge in [0.25, 0.3) is 0 Å². The van der Waals surface area contributed by atoms with Crippen molar-refractivity contribution in [3.8, 4) is 11.5 Å². The topological polar surface area (TPSA) is 260 Å². The zero-order valence-electron chi connectivity index (χ0n) is 50.1. The van der Waals surface area contributed by atoms with E-state index < -0.39 is 21.4 Å². The fourth-order valence-corrected chi connectivity index (χ4v) is 16.7. The van der Waals surface area contributed by atoms with E-state index in [1.165, 1.54) is 4.31 Å². The van der Waals surface area contributed by atoms with E-state index in [1.807, 2.05) is 40.7 Å². The molecule has 4 aliphatic heterocycles. The highest BCUT2D eigenvalue weighted by Gasteiger charge is 2.43. The number of rotatable bonds is 29. The Morgan fingerprint density at radius 3 is 1.55 bits per heavy atom. The van der Waals surface area contributed by atoms with Gasteiger partial charge in [-0.3, -0.25) is 9.80 Å². The summed E-state index contributed by atoms with van der Waals surface area (Å²) in [6, 6.07) is 21.1. The first-order chi connectivity index (χ1) is 43.1. The summed E-state index contributed by atoms with van der Waals surface area (Å²) in [4.78, 5) is 30.2. The number of likely N-dealkylation sites (tertiary alicyclic amines) is 2. The molecule has 9 atom stereocenters. The number of sulfonamides is 1. The average Bonchev–Trinajstić information content (AvgIpc) is 1.85. The number of carbonyl (C=O) groups is 2. The molecule has 4 saturated heterocycles. The van der Waals surface area contributed by atoms with Gasteiger partial charge in [-0.15, -0.1) is 4.31 Å². The minimum atomic E-state index is -3.77. The van der Waals surface area contributed by atoms with Crippen LogP contribution in [0.5, 0.6) is 11.5 Å². The second kappa shape index (κ2) is 32.7. The maximum absolute atomic E-state index is 13.7. The summed E-state index contributed by atoms with van der Waals surface area (Å²) in [7, 11) is -3.77. The minimum Gasteiger partial charge on any atom is -0.593 e. The van der Waals surface area contributed by atoms with Gasteiger partial charge < -0.3 is 65.7 Å². The molecular formula is C62H84Cl4N10O11S2. The number of benzene rings is 4. The van der Waals surface area contributed by atoms with Crippen LogP contribution in [0.3, 0.4) is 0 Å². The van der Waals surface area contributed by atoms with Crippen LogP contribution in [-0.2, 0) is 53.2 Å². The Balaban J connectivity index is 0.514. The first kappa shape index (κ1) is 67.9. The first-order valence-corrected chi connectivity index (χ1v) is 35.2. The van der Waals surface area contributed by atoms with Crippen LogP contribution in [0.15, 0.2) is 82.6 Å². The molecule has 27 heteroatoms. The van der Waals surface area contributed by atoms with Crippen molar-refractivity contribution < 1.29 is 51.0 Å². The molecule has 4 amide bonds. The van der Waals surface area contributed by atoms with Crippen LogP contribution in [0.1, 0.15) is 85.8 Å². The number of amides is 4. The van der Waals surface area contributed by atoms with Gasteiger partial charge >= 0.3 is 12.1 Å². The smallest absolute Gasteiger partial charge is 0.314 e. The molecule has 6 aliphatic rings. The molecule has 21 nitrogen and oxygen atoms in total. The molecule has 4 fully saturated rings. The number of hydrogen-bond donors (Lipinski definition) is 6. The molecule has 1 unspecified atom stereocenters. The summed E-state index contributed by atoms with van der Waals surface area (Å²) in [5.41, 5.74) is 16.7. The van der Waals surface area contributed by atoms with E-state index in [9.17, 15) is 22.6 Å². The SMILES string of the molecule is N[C@@H]1CCCN([C@H]2Cc3c(Cl)cc(Cl)cc3[C@@H]2Oc2ccc([S+]([O-])N3CC[C@@H](OCCOCCNC(=O)NCCCCNC(=O)NCCOCCO[C@@H]4CCN(S(=O)(=O)c5ccc(O[C@H]6c7cc(Cl)cc(Cl)c7C[C@@H]6N6CCC[C@@H](N)C6)cc5)C4)C3)cc2)C1. The van der Waals surface area contributed by atoms with E-state index in [-0.39, 0.29) is 91.9 Å². The van der Waals surface area contributed by atoms with Gasteiger partial charge in [0.2, 0.25) is 10.0 Å². The number of nitrogens with zero attached hydrogens (tertiary/aromatic N) is 4. The van der Waals surface area contributed by atoms with Crippen LogP contribution in [0.4, 0.5) is 9.59 Å². The molecule has 0 spiro atoms. The number of nitrogens with one attached hydrogen (secondary N) is 4. The van der Waals surface area contributed by atoms with Gasteiger partial charge in [0.1, 0.15) is 23.7 Å². The zero-order valence-corrected chi connectivity index (χ0v) is 54.8. The van der Waals surface area contributed by atoms with Crippen molar-refractivity contribution in [3.63, 3.8) is 0 Å². The van der Waals surface area contributed by atoms with E-state index in [1.54, 1.807) is 36.4 Å². The lowest BCUT2D eigenvalue weighted by Crippen LogP contribution is -2.49. The van der Waals surface area contributed by atoms with Crippen molar-refractivity contribution in [1.29, 1.82) is 0 Å². The van der Waals surface area contributed by atoms with Gasteiger partial charge in [0.05, 0.1) is 86.7 Å². The van der Waals surface area contributed by atoms with E-state index >= 15 is 0 Å². The maximum atomic E-state index is 13.7. The Hall–Kier alpha value is -3.96. The third kappa shape index (κ3) is 18.5. The molecular weight excluding hydrogens is 1270 g/mol. The number of carbonyl (C=O) groups excluding carboxylic acids is 2. The second-order valence-electron chi connectivity index (χ2n) is 23.6. The summed E-state index contributed by atoms with van der Waals surface area (Å²) < 4.78 is 80.9. The van der Waals surface area contributed by atoms with Gasteiger partial charge in [-0.25, -0.2) is 18.0 Å². The summed E-state index contributed by atoms with van der Waals surface area (Å²) in [6.07, 6.45) is 7.18. The molecule has 4 heterocycles. The van der Waals surface area contributed by atoms with Crippen molar-refractivity contribution in [2.75, 3.05) is 118 Å². The highest BCUT2D eigenvalue weighted by molar-refractivity contribution is 7.89. The number of unbranched alkanes of at least 4 members (excludes halogenated alkanes) is 1. The van der Waals surface area contributed by atoms with Crippen molar-refractivity contribution in [2.24, 2.45) is 11.5 Å². The van der Waals surface area contributed by atoms with E-state index in [0.29, 0.717) is 128 Å². The maximum Gasteiger partial charge on any atom is 0.314 e. The lowest BCUT2D eigenvalue weighted by Gasteiger charge is -2.38. The van der Waals surface area contributed by atoms with Crippen molar-refractivity contribution in [2.45, 2.75) is 123 Å². The second-order valence-corrected chi connectivity index (χ2v) is 28.7. The monoisotopic (exact) mass is 1350 g/mol. The Labute approximate surface area is 546 Å². The Morgan fingerprint density at radius 2 is 1.04 bits per heavy atom. The van der Waals surface area contributed by atoms with E-state index in [0.717, 1.165) is 87.0 Å². The van der Waals surface area contributed by atoms with Gasteiger partial charge in [0.15, 0.2) is 4.90 Å². The first-order valence-electron chi connectivity index (χ1n) is 31.1. The molecule has 2 aliphatic carbocycles. The average molecular weight is 1350 g/mol. The highest BCUT2D eigenvalue weighted by atomic mass is 35.5. The molecule has 89 heavy (non-hydrogen) atoms. The van der Waals surface area contributed by atoms with Gasteiger partial charge in [-0.2, -0.15) is 4.31 Å². The predicted molar refractivity (Wildman–Crippen MR) is 344 cm³/mol. The third-order valence-corrected chi connectivity index (χ3v) is 21.8. The molecule has 8 N–H and O–H groups in total. The summed E-state index contributed by atoms with van der Waals surface area (Å²) in [5, 5.41) is 13.5. The van der Waals surface area contributed by atoms with Gasteiger partial charge in [0, 0.05) is 102 Å². The molecule has 0 radical (unpaired) electrons. The standard InChI is InChI=1S/C62H84Cl4N10O11S2/c63-41-31-53-51(55(65)33-41)35-57(73-21-3-5-43(67)37-73)59(53)86-45-7-11-49(12-8-45)88(79)75-23-15-47(39-75)84-29-27-82-25-19-71-61(77)69-17-1-2-18-70-62(78)72-20-26-83-28-30-85-48-16-24-76(40-48)89(80,81)50-13-9-46(10-14-50)87-60-54-32-42(64)34-56(66)52(54)36-58(60)74-22-4-6-44(68)38-74/h7-14,31-34,43-44,47-48,57-60H,1-6,15-30,35-40,67-68H2,(H2,69,71,77)(H2,70,72,78)/t43-,44-,47-,48-,57+,58+,59+,60+,88?/m1/s1. The normalized spacial score (nSPS) is 24.5. The zero-order chi connectivity index (χ0) is 62.4. The number of urea groups is 2. The van der Waals surface area contributed by atoms with Crippen LogP contribution in [0.2, 0.25) is 20.1 Å². The number of nitrogens with two attached hydrogens (primary N) is 2. The number of fused-ring (bicyclic) bond motifs is 2. The summed E-state index contributed by atoms with van der Waals surface area (Å²) in [6.45, 7) is 8.57. The van der Waals surface area contributed by atoms with E-state index in [2.05, 4.69) is 31.1 Å². The lowest BCUT2D eigenvalue weighted by molar-refractivity contribution is 0.0123. The molecule has 488 valence electrons. The molecule has 4 aromatic rings. The van der Waals surface area contributed by atoms with Crippen molar-refractivity contribution >= 4 is 79.9 Å². The van der Waals surface area contributed by atoms with Gasteiger partial charge in [-0.1, -0.05) is 46.4 Å². The highest BCUT2D eigenvalue weighted by Crippen LogP contribution is 2.45. The molecule has 0 aromatic heterocycles. The Bertz CT molecular complexity index is 3100. The Kier molecular flexibility index (Phi) is 25.0. The number of hydrogen-bond acceptors (Lipinski definition) is 16. The molecule has 0 bridgehead atoms. The number of ether oxygens (including phenoxy) is 6. The third-order valence-electron chi connectivity index (χ3n) is 17.3. The Morgan fingerprint density at radius 1 is 0.573 bits per heavy atom. The van der Waals surface area contributed by atoms with Crippen LogP contribution in [0, 0.1) is 0 Å². The van der Waals surface area contributed by atoms with Crippen molar-refractivity contribution in [3.05, 3.63) is 115 Å². The van der Waals surface area contributed by atoms with Crippen LogP contribution in [0.25, 0.3) is 0 Å². The van der Waals surface area contributed by atoms with E-state index in [4.69, 9.17) is 86.3 Å². The summed E-state index contributed by atoms with van der Waals surface area (Å²) in [5.74, 6) is 1.22. The minimum absolute atomic E-state index is 0.0129. The molecule has 10 rings (SSSR count). The quantitative estimate of drug-likeness (QED) is 0.0231.